The van der Waals surface area contributed by atoms with Crippen LogP contribution in [0.5, 0.6) is 0 Å². The van der Waals surface area contributed by atoms with Gasteiger partial charge >= 0.3 is 5.97 Å². The van der Waals surface area contributed by atoms with Gasteiger partial charge in [-0.1, -0.05) is 0 Å². The minimum absolute atomic E-state index is 0.0243. The second-order valence-electron chi connectivity index (χ2n) is 4.45. The fraction of sp³-hybridized carbons (Fsp3) is 0. The Morgan fingerprint density at radius 3 is 2.87 bits per heavy atom. The topological polar surface area (TPSA) is 92.9 Å². The quantitative estimate of drug-likeness (QED) is 0.713. The number of nitrogens with zero attached hydrogens (tertiary/aromatic N) is 4. The molecule has 0 aliphatic rings. The van der Waals surface area contributed by atoms with Crippen molar-refractivity contribution in [1.29, 1.82) is 0 Å². The average molecular weight is 334 g/mol. The molecule has 3 rings (SSSR count). The summed E-state index contributed by atoms with van der Waals surface area (Å²) in [7, 11) is 0. The van der Waals surface area contributed by atoms with Gasteiger partial charge in [-0.05, 0) is 35.9 Å². The molecule has 2 N–H and O–H groups in total. The van der Waals surface area contributed by atoms with E-state index in [9.17, 15) is 9.18 Å². The number of benzene rings is 1. The van der Waals surface area contributed by atoms with Crippen molar-refractivity contribution in [1.82, 2.24) is 19.7 Å². The zero-order chi connectivity index (χ0) is 16.4. The van der Waals surface area contributed by atoms with Gasteiger partial charge in [-0.25, -0.2) is 18.9 Å². The Hall–Kier alpha value is -3.00. The van der Waals surface area contributed by atoms with E-state index in [1.54, 1.807) is 18.3 Å². The number of aromatic nitrogens is 4. The molecule has 0 amide bonds. The Balaban J connectivity index is 1.94. The van der Waals surface area contributed by atoms with Crippen molar-refractivity contribution in [2.45, 2.75) is 0 Å². The highest BCUT2D eigenvalue weighted by Crippen LogP contribution is 2.23. The summed E-state index contributed by atoms with van der Waals surface area (Å²) in [6.45, 7) is 0. The summed E-state index contributed by atoms with van der Waals surface area (Å²) in [5.74, 6) is -1.78. The van der Waals surface area contributed by atoms with Gasteiger partial charge in [0.2, 0.25) is 5.28 Å². The van der Waals surface area contributed by atoms with Crippen molar-refractivity contribution in [3.63, 3.8) is 0 Å². The van der Waals surface area contributed by atoms with Crippen molar-refractivity contribution in [3.8, 4) is 5.69 Å². The Kier molecular flexibility index (Phi) is 3.90. The largest absolute Gasteiger partial charge is 0.477 e. The molecule has 2 heterocycles. The van der Waals surface area contributed by atoms with Gasteiger partial charge in [-0.3, -0.25) is 0 Å². The van der Waals surface area contributed by atoms with Crippen LogP contribution < -0.4 is 5.32 Å². The number of hydrogen-bond donors (Lipinski definition) is 2. The van der Waals surface area contributed by atoms with Crippen molar-refractivity contribution in [3.05, 3.63) is 59.5 Å². The minimum atomic E-state index is -1.22. The molecule has 0 bridgehead atoms. The van der Waals surface area contributed by atoms with E-state index in [0.717, 1.165) is 6.20 Å². The highest BCUT2D eigenvalue weighted by molar-refractivity contribution is 6.28. The molecule has 7 nitrogen and oxygen atoms in total. The maximum Gasteiger partial charge on any atom is 0.341 e. The summed E-state index contributed by atoms with van der Waals surface area (Å²) in [5.41, 5.74) is 0.404. The monoisotopic (exact) mass is 333 g/mol. The first kappa shape index (κ1) is 14.9. The van der Waals surface area contributed by atoms with Gasteiger partial charge in [0.05, 0.1) is 0 Å². The lowest BCUT2D eigenvalue weighted by molar-refractivity contribution is 0.0697. The minimum Gasteiger partial charge on any atom is -0.477 e. The van der Waals surface area contributed by atoms with E-state index < -0.39 is 11.8 Å². The lowest BCUT2D eigenvalue weighted by Crippen LogP contribution is -2.07. The Bertz CT molecular complexity index is 870. The molecule has 0 saturated heterocycles. The molecule has 0 unspecified atom stereocenters. The van der Waals surface area contributed by atoms with E-state index in [0.29, 0.717) is 5.69 Å². The van der Waals surface area contributed by atoms with Crippen LogP contribution in [0, 0.1) is 5.82 Å². The predicted molar refractivity (Wildman–Crippen MR) is 80.8 cm³/mol. The molecular formula is C14H9ClFN5O2. The van der Waals surface area contributed by atoms with Gasteiger partial charge in [0.15, 0.2) is 5.82 Å². The van der Waals surface area contributed by atoms with Crippen LogP contribution in [0.15, 0.2) is 42.9 Å². The third-order valence-corrected chi connectivity index (χ3v) is 3.13. The lowest BCUT2D eigenvalue weighted by atomic mass is 10.2. The van der Waals surface area contributed by atoms with Gasteiger partial charge in [0.1, 0.15) is 17.1 Å². The van der Waals surface area contributed by atoms with Gasteiger partial charge in [0.25, 0.3) is 0 Å². The second kappa shape index (κ2) is 6.01. The first-order valence-electron chi connectivity index (χ1n) is 6.37. The smallest absolute Gasteiger partial charge is 0.341 e. The summed E-state index contributed by atoms with van der Waals surface area (Å²) in [4.78, 5) is 18.6. The Labute approximate surface area is 134 Å². The van der Waals surface area contributed by atoms with Crippen molar-refractivity contribution < 1.29 is 14.3 Å². The highest BCUT2D eigenvalue weighted by atomic mass is 35.5. The van der Waals surface area contributed by atoms with Gasteiger partial charge < -0.3 is 10.4 Å². The number of nitrogens with one attached hydrogen (secondary N) is 1. The summed E-state index contributed by atoms with van der Waals surface area (Å²) in [5, 5.41) is 15.7. The molecule has 0 saturated carbocycles. The highest BCUT2D eigenvalue weighted by Gasteiger charge is 2.14. The van der Waals surface area contributed by atoms with E-state index in [2.05, 4.69) is 20.4 Å². The van der Waals surface area contributed by atoms with E-state index >= 15 is 0 Å². The number of carbonyl (C=O) groups is 1. The van der Waals surface area contributed by atoms with E-state index in [-0.39, 0.29) is 22.4 Å². The number of aromatic carboxylic acids is 1. The van der Waals surface area contributed by atoms with Crippen LogP contribution in [0.1, 0.15) is 10.4 Å². The van der Waals surface area contributed by atoms with Crippen LogP contribution in [0.25, 0.3) is 5.69 Å². The van der Waals surface area contributed by atoms with E-state index in [1.165, 1.54) is 23.0 Å². The van der Waals surface area contributed by atoms with Crippen molar-refractivity contribution in [2.75, 3.05) is 5.32 Å². The van der Waals surface area contributed by atoms with Crippen LogP contribution in [0.4, 0.5) is 15.9 Å². The zero-order valence-corrected chi connectivity index (χ0v) is 12.2. The normalized spacial score (nSPS) is 10.5. The first-order valence-corrected chi connectivity index (χ1v) is 6.75. The molecule has 2 aromatic heterocycles. The summed E-state index contributed by atoms with van der Waals surface area (Å²) < 4.78 is 15.6. The van der Waals surface area contributed by atoms with E-state index in [4.69, 9.17) is 16.7 Å². The predicted octanol–water partition coefficient (Wildman–Crippen LogP) is 2.90. The molecule has 116 valence electrons. The molecule has 0 aliphatic carbocycles. The van der Waals surface area contributed by atoms with Crippen LogP contribution in [0.2, 0.25) is 5.28 Å². The number of hydrogen-bond acceptors (Lipinski definition) is 5. The maximum atomic E-state index is 14.2. The lowest BCUT2D eigenvalue weighted by Gasteiger charge is -2.10. The van der Waals surface area contributed by atoms with Crippen molar-refractivity contribution >= 4 is 29.1 Å². The van der Waals surface area contributed by atoms with Crippen LogP contribution in [0.3, 0.4) is 0 Å². The number of rotatable bonds is 4. The third kappa shape index (κ3) is 3.11. The fourth-order valence-electron chi connectivity index (χ4n) is 1.93. The van der Waals surface area contributed by atoms with Crippen LogP contribution in [-0.4, -0.2) is 30.8 Å². The van der Waals surface area contributed by atoms with Crippen LogP contribution >= 0.6 is 11.6 Å². The number of carboxylic acids is 1. The SMILES string of the molecule is O=C(O)c1cnc(Cl)nc1Nc1ccc(-n2cccn2)c(F)c1. The molecule has 0 radical (unpaired) electrons. The number of anilines is 2. The maximum absolute atomic E-state index is 14.2. The molecule has 3 aromatic rings. The zero-order valence-electron chi connectivity index (χ0n) is 11.4. The van der Waals surface area contributed by atoms with Crippen molar-refractivity contribution in [2.24, 2.45) is 0 Å². The fourth-order valence-corrected chi connectivity index (χ4v) is 2.06. The first-order chi connectivity index (χ1) is 11.0. The van der Waals surface area contributed by atoms with Crippen LogP contribution in [-0.2, 0) is 0 Å². The molecule has 0 atom stereocenters. The summed E-state index contributed by atoms with van der Waals surface area (Å²) in [6.07, 6.45) is 4.22. The molecule has 0 fully saturated rings. The molecule has 9 heteroatoms. The van der Waals surface area contributed by atoms with Gasteiger partial charge in [-0.15, -0.1) is 0 Å². The number of halogens is 2. The summed E-state index contributed by atoms with van der Waals surface area (Å²) >= 11 is 5.67. The average Bonchev–Trinajstić information content (AvgIpc) is 3.01. The standard InChI is InChI=1S/C14H9ClFN5O2/c15-14-17-7-9(13(22)23)12(20-14)19-8-2-3-11(10(16)6-8)21-5-1-4-18-21/h1-7H,(H,22,23)(H,17,19,20). The molecule has 1 aromatic carbocycles. The molecule has 0 aliphatic heterocycles. The summed E-state index contributed by atoms with van der Waals surface area (Å²) in [6, 6.07) is 5.96. The Morgan fingerprint density at radius 2 is 2.22 bits per heavy atom. The molecule has 23 heavy (non-hydrogen) atoms. The van der Waals surface area contributed by atoms with E-state index in [1.807, 2.05) is 0 Å². The van der Waals surface area contributed by atoms with Gasteiger partial charge in [0, 0.05) is 24.3 Å². The Morgan fingerprint density at radius 1 is 1.39 bits per heavy atom. The number of carboxylic acid groups (broad SMARTS) is 1. The third-order valence-electron chi connectivity index (χ3n) is 2.95. The van der Waals surface area contributed by atoms with Gasteiger partial charge in [-0.2, -0.15) is 10.1 Å². The molecular weight excluding hydrogens is 325 g/mol. The second-order valence-corrected chi connectivity index (χ2v) is 4.79. The molecule has 0 spiro atoms.